The molecular formula is C25H19N5O5. The van der Waals surface area contributed by atoms with Crippen LogP contribution in [0.3, 0.4) is 0 Å². The molecule has 35 heavy (non-hydrogen) atoms. The number of urea groups is 1. The molecule has 0 spiro atoms. The Morgan fingerprint density at radius 1 is 1.11 bits per heavy atom. The largest absolute Gasteiger partial charge is 0.506 e. The van der Waals surface area contributed by atoms with Crippen LogP contribution >= 0.6 is 0 Å². The molecule has 1 aromatic carbocycles. The lowest BCUT2D eigenvalue weighted by Gasteiger charge is -2.30. The van der Waals surface area contributed by atoms with Crippen molar-refractivity contribution in [2.75, 3.05) is 6.54 Å². The summed E-state index contributed by atoms with van der Waals surface area (Å²) in [6.07, 6.45) is 3.04. The number of rotatable bonds is 4. The number of hydrogen-bond acceptors (Lipinski definition) is 7. The summed E-state index contributed by atoms with van der Waals surface area (Å²) in [5, 5.41) is 15.6. The summed E-state index contributed by atoms with van der Waals surface area (Å²) >= 11 is 0. The van der Waals surface area contributed by atoms with Crippen LogP contribution in [0.15, 0.2) is 59.3 Å². The van der Waals surface area contributed by atoms with Gasteiger partial charge in [0.15, 0.2) is 16.9 Å². The summed E-state index contributed by atoms with van der Waals surface area (Å²) in [7, 11) is 0. The molecule has 4 amide bonds. The van der Waals surface area contributed by atoms with Crippen molar-refractivity contribution in [3.05, 3.63) is 77.3 Å². The second kappa shape index (κ2) is 7.39. The first-order valence-corrected chi connectivity index (χ1v) is 10.9. The third-order valence-corrected chi connectivity index (χ3v) is 6.37. The van der Waals surface area contributed by atoms with Crippen LogP contribution < -0.4 is 10.6 Å². The number of fused-ring (bicyclic) bond motifs is 2. The number of aromatic hydroxyl groups is 1. The standard InChI is InChI=1S/C25H19N5O5/c1-13-6-7-14-11-30(22(32)15(14)10-13)12-25(23(33)28-24(34)29-25)21-18(19-16(31)4-2-8-26-19)20-17(35-21)5-3-9-27-20/h2-10,31H,11-12H2,1H3,(H2,28,29,33,34)/t25-/m0/s1. The highest BCUT2D eigenvalue weighted by Gasteiger charge is 2.54. The lowest BCUT2D eigenvalue weighted by atomic mass is 9.90. The minimum Gasteiger partial charge on any atom is -0.506 e. The van der Waals surface area contributed by atoms with Gasteiger partial charge in [-0.25, -0.2) is 4.79 Å². The third kappa shape index (κ3) is 3.07. The van der Waals surface area contributed by atoms with E-state index in [-0.39, 0.29) is 41.8 Å². The summed E-state index contributed by atoms with van der Waals surface area (Å²) in [6.45, 7) is 1.97. The van der Waals surface area contributed by atoms with Crippen molar-refractivity contribution < 1.29 is 23.9 Å². The van der Waals surface area contributed by atoms with Crippen LogP contribution in [0.5, 0.6) is 5.75 Å². The summed E-state index contributed by atoms with van der Waals surface area (Å²) in [5.41, 5.74) is 1.64. The molecule has 1 fully saturated rings. The van der Waals surface area contributed by atoms with E-state index in [1.54, 1.807) is 30.5 Å². The normalized spacial score (nSPS) is 19.2. The third-order valence-electron chi connectivity index (χ3n) is 6.37. The zero-order valence-electron chi connectivity index (χ0n) is 18.5. The molecule has 0 radical (unpaired) electrons. The van der Waals surface area contributed by atoms with E-state index in [0.717, 1.165) is 11.1 Å². The van der Waals surface area contributed by atoms with E-state index in [9.17, 15) is 19.5 Å². The molecule has 5 heterocycles. The number of imide groups is 1. The molecule has 0 bridgehead atoms. The first-order valence-electron chi connectivity index (χ1n) is 10.9. The average molecular weight is 469 g/mol. The fraction of sp³-hybridized carbons (Fsp3) is 0.160. The van der Waals surface area contributed by atoms with E-state index < -0.39 is 17.5 Å². The fourth-order valence-electron chi connectivity index (χ4n) is 4.76. The molecule has 10 nitrogen and oxygen atoms in total. The molecule has 1 saturated heterocycles. The van der Waals surface area contributed by atoms with Gasteiger partial charge >= 0.3 is 6.03 Å². The lowest BCUT2D eigenvalue weighted by Crippen LogP contribution is -2.52. The smallest absolute Gasteiger partial charge is 0.322 e. The average Bonchev–Trinajstić information content (AvgIpc) is 3.46. The Morgan fingerprint density at radius 3 is 2.69 bits per heavy atom. The second-order valence-electron chi connectivity index (χ2n) is 8.66. The number of benzene rings is 1. The van der Waals surface area contributed by atoms with Gasteiger partial charge < -0.3 is 19.7 Å². The Kier molecular flexibility index (Phi) is 4.40. The van der Waals surface area contributed by atoms with Gasteiger partial charge in [-0.3, -0.25) is 24.9 Å². The number of aryl methyl sites for hydroxylation is 1. The van der Waals surface area contributed by atoms with Gasteiger partial charge in [-0.1, -0.05) is 17.7 Å². The first kappa shape index (κ1) is 20.8. The van der Waals surface area contributed by atoms with Crippen LogP contribution in [-0.2, 0) is 16.9 Å². The van der Waals surface area contributed by atoms with Gasteiger partial charge in [0.2, 0.25) is 0 Å². The maximum Gasteiger partial charge on any atom is 0.322 e. The molecule has 4 aromatic rings. The number of aromatic nitrogens is 2. The van der Waals surface area contributed by atoms with Gasteiger partial charge in [0.1, 0.15) is 17.0 Å². The highest BCUT2D eigenvalue weighted by molar-refractivity contribution is 6.10. The van der Waals surface area contributed by atoms with Crippen molar-refractivity contribution in [1.29, 1.82) is 0 Å². The number of hydrogen-bond donors (Lipinski definition) is 3. The van der Waals surface area contributed by atoms with Gasteiger partial charge in [-0.2, -0.15) is 0 Å². The molecule has 10 heteroatoms. The summed E-state index contributed by atoms with van der Waals surface area (Å²) in [6, 6.07) is 11.2. The zero-order chi connectivity index (χ0) is 24.3. The van der Waals surface area contributed by atoms with Crippen molar-refractivity contribution in [3.8, 4) is 17.0 Å². The highest BCUT2D eigenvalue weighted by Crippen LogP contribution is 2.43. The summed E-state index contributed by atoms with van der Waals surface area (Å²) < 4.78 is 6.13. The minimum atomic E-state index is -1.77. The molecule has 0 aliphatic carbocycles. The molecule has 0 saturated carbocycles. The molecular weight excluding hydrogens is 450 g/mol. The molecule has 2 aliphatic rings. The number of nitrogens with zero attached hydrogens (tertiary/aromatic N) is 3. The van der Waals surface area contributed by atoms with E-state index >= 15 is 0 Å². The van der Waals surface area contributed by atoms with Crippen molar-refractivity contribution in [2.24, 2.45) is 0 Å². The van der Waals surface area contributed by atoms with Gasteiger partial charge in [-0.15, -0.1) is 0 Å². The van der Waals surface area contributed by atoms with Crippen LogP contribution in [0, 0.1) is 6.92 Å². The SMILES string of the molecule is Cc1ccc2c(c1)C(=O)N(C[C@@]1(c3oc4cccnc4c3-c3ncccc3O)NC(=O)NC1=O)C2. The first-order chi connectivity index (χ1) is 16.9. The molecule has 2 aliphatic heterocycles. The van der Waals surface area contributed by atoms with Crippen LogP contribution in [0.2, 0.25) is 0 Å². The number of carbonyl (C=O) groups excluding carboxylic acids is 3. The lowest BCUT2D eigenvalue weighted by molar-refractivity contribution is -0.125. The Hall–Kier alpha value is -4.73. The van der Waals surface area contributed by atoms with Gasteiger partial charge in [-0.05, 0) is 42.8 Å². The molecule has 3 aromatic heterocycles. The van der Waals surface area contributed by atoms with E-state index in [2.05, 4.69) is 20.6 Å². The number of nitrogens with one attached hydrogen (secondary N) is 2. The van der Waals surface area contributed by atoms with Gasteiger partial charge in [0, 0.05) is 24.5 Å². The predicted octanol–water partition coefficient (Wildman–Crippen LogP) is 2.59. The summed E-state index contributed by atoms with van der Waals surface area (Å²) in [5.74, 6) is -1.06. The van der Waals surface area contributed by atoms with Gasteiger partial charge in [0.05, 0.1) is 12.1 Å². The zero-order valence-corrected chi connectivity index (χ0v) is 18.5. The van der Waals surface area contributed by atoms with Crippen molar-refractivity contribution >= 4 is 28.9 Å². The van der Waals surface area contributed by atoms with Crippen molar-refractivity contribution in [2.45, 2.75) is 19.0 Å². The molecule has 0 unspecified atom stereocenters. The van der Waals surface area contributed by atoms with E-state index in [0.29, 0.717) is 16.7 Å². The Bertz CT molecular complexity index is 1560. The molecule has 1 atom stereocenters. The minimum absolute atomic E-state index is 0.0310. The number of furan rings is 1. The fourth-order valence-corrected chi connectivity index (χ4v) is 4.76. The van der Waals surface area contributed by atoms with Crippen LogP contribution in [-0.4, -0.2) is 44.4 Å². The van der Waals surface area contributed by atoms with E-state index in [4.69, 9.17) is 4.42 Å². The number of carbonyl (C=O) groups is 3. The number of amides is 4. The maximum atomic E-state index is 13.4. The number of pyridine rings is 2. The molecule has 3 N–H and O–H groups in total. The predicted molar refractivity (Wildman–Crippen MR) is 123 cm³/mol. The monoisotopic (exact) mass is 469 g/mol. The maximum absolute atomic E-state index is 13.4. The molecule has 6 rings (SSSR count). The topological polar surface area (TPSA) is 138 Å². The molecule has 174 valence electrons. The van der Waals surface area contributed by atoms with Crippen LogP contribution in [0.4, 0.5) is 4.79 Å². The van der Waals surface area contributed by atoms with Crippen LogP contribution in [0.1, 0.15) is 27.2 Å². The highest BCUT2D eigenvalue weighted by atomic mass is 16.3. The quantitative estimate of drug-likeness (QED) is 0.391. The van der Waals surface area contributed by atoms with Crippen molar-refractivity contribution in [3.63, 3.8) is 0 Å². The Labute approximate surface area is 198 Å². The van der Waals surface area contributed by atoms with Crippen molar-refractivity contribution in [1.82, 2.24) is 25.5 Å². The Balaban J connectivity index is 1.55. The van der Waals surface area contributed by atoms with Crippen LogP contribution in [0.25, 0.3) is 22.4 Å². The van der Waals surface area contributed by atoms with Gasteiger partial charge in [0.25, 0.3) is 11.8 Å². The Morgan fingerprint density at radius 2 is 1.91 bits per heavy atom. The summed E-state index contributed by atoms with van der Waals surface area (Å²) in [4.78, 5) is 49.2. The van der Waals surface area contributed by atoms with E-state index in [1.807, 2.05) is 19.1 Å². The van der Waals surface area contributed by atoms with E-state index in [1.165, 1.54) is 17.2 Å². The second-order valence-corrected chi connectivity index (χ2v) is 8.66.